The Morgan fingerprint density at radius 3 is 2.90 bits per heavy atom. The number of esters is 1. The maximum atomic E-state index is 12.1. The van der Waals surface area contributed by atoms with Crippen LogP contribution in [-0.2, 0) is 19.6 Å². The third-order valence-corrected chi connectivity index (χ3v) is 5.33. The molecule has 0 saturated heterocycles. The lowest BCUT2D eigenvalue weighted by Crippen LogP contribution is -2.30. The summed E-state index contributed by atoms with van der Waals surface area (Å²) in [5, 5.41) is 0. The summed E-state index contributed by atoms with van der Waals surface area (Å²) in [5.74, 6) is -0.153. The molecule has 0 atom stereocenters. The maximum absolute atomic E-state index is 12.1. The molecule has 0 amide bonds. The normalized spacial score (nSPS) is 15.9. The molecule has 1 aliphatic rings. The highest BCUT2D eigenvalue weighted by atomic mass is 32.2. The van der Waals surface area contributed by atoms with Crippen LogP contribution in [0.1, 0.15) is 4.88 Å². The second-order valence-corrected chi connectivity index (χ2v) is 6.71. The number of furan rings is 1. The summed E-state index contributed by atoms with van der Waals surface area (Å²) >= 11 is 1.23. The fraction of sp³-hybridized carbons (Fsp3) is 0.0833. The Balaban J connectivity index is 2.15. The van der Waals surface area contributed by atoms with Crippen LogP contribution in [0, 0.1) is 0 Å². The van der Waals surface area contributed by atoms with E-state index in [1.54, 1.807) is 12.1 Å². The first-order valence-electron chi connectivity index (χ1n) is 5.52. The van der Waals surface area contributed by atoms with Crippen molar-refractivity contribution >= 4 is 33.4 Å². The number of carbonyl (C=O) groups is 1. The molecule has 0 unspecified atom stereocenters. The van der Waals surface area contributed by atoms with Gasteiger partial charge >= 0.3 is 5.97 Å². The van der Waals surface area contributed by atoms with Gasteiger partial charge < -0.3 is 9.15 Å². The largest absolute Gasteiger partial charge is 0.464 e. The first-order chi connectivity index (χ1) is 9.51. The first-order valence-corrected chi connectivity index (χ1v) is 7.82. The minimum absolute atomic E-state index is 0.104. The second-order valence-electron chi connectivity index (χ2n) is 3.97. The summed E-state index contributed by atoms with van der Waals surface area (Å²) in [5.41, 5.74) is -0.104. The van der Waals surface area contributed by atoms with Crippen LogP contribution < -0.4 is 4.72 Å². The van der Waals surface area contributed by atoms with Crippen LogP contribution in [0.4, 0.5) is 0 Å². The van der Waals surface area contributed by atoms with Crippen LogP contribution in [0.15, 0.2) is 39.5 Å². The molecule has 3 rings (SSSR count). The van der Waals surface area contributed by atoms with E-state index in [1.165, 1.54) is 36.9 Å². The Morgan fingerprint density at radius 1 is 1.45 bits per heavy atom. The van der Waals surface area contributed by atoms with E-state index < -0.39 is 16.0 Å². The van der Waals surface area contributed by atoms with Crippen LogP contribution in [0.2, 0.25) is 0 Å². The van der Waals surface area contributed by atoms with Crippen LogP contribution in [0.3, 0.4) is 0 Å². The van der Waals surface area contributed by atoms with Crippen molar-refractivity contribution in [3.05, 3.63) is 35.0 Å². The van der Waals surface area contributed by atoms with Gasteiger partial charge in [0.05, 0.1) is 23.1 Å². The highest BCUT2D eigenvalue weighted by Crippen LogP contribution is 2.37. The Morgan fingerprint density at radius 2 is 2.25 bits per heavy atom. The zero-order valence-electron chi connectivity index (χ0n) is 10.2. The third-order valence-electron chi connectivity index (χ3n) is 2.70. The van der Waals surface area contributed by atoms with Gasteiger partial charge in [-0.25, -0.2) is 13.2 Å². The fourth-order valence-electron chi connectivity index (χ4n) is 1.81. The molecule has 1 N–H and O–H groups in total. The van der Waals surface area contributed by atoms with E-state index in [0.717, 1.165) is 0 Å². The van der Waals surface area contributed by atoms with Gasteiger partial charge in [0, 0.05) is 0 Å². The molecule has 2 aromatic heterocycles. The van der Waals surface area contributed by atoms with Crippen molar-refractivity contribution in [1.29, 1.82) is 0 Å². The Bertz CT molecular complexity index is 799. The summed E-state index contributed by atoms with van der Waals surface area (Å²) < 4.78 is 36.2. The second kappa shape index (κ2) is 4.50. The molecule has 0 saturated carbocycles. The van der Waals surface area contributed by atoms with Crippen LogP contribution in [0.25, 0.3) is 16.7 Å². The molecule has 3 heterocycles. The fourth-order valence-corrected chi connectivity index (χ4v) is 4.44. The van der Waals surface area contributed by atoms with E-state index in [0.29, 0.717) is 15.5 Å². The number of hydrogen-bond donors (Lipinski definition) is 1. The Hall–Kier alpha value is -2.06. The van der Waals surface area contributed by atoms with Crippen molar-refractivity contribution in [2.75, 3.05) is 7.11 Å². The van der Waals surface area contributed by atoms with Gasteiger partial charge in [-0.2, -0.15) is 0 Å². The summed E-state index contributed by atoms with van der Waals surface area (Å²) in [6, 6.07) is 4.98. The van der Waals surface area contributed by atoms with E-state index in [4.69, 9.17) is 4.42 Å². The van der Waals surface area contributed by atoms with Crippen LogP contribution in [-0.4, -0.2) is 21.5 Å². The topological polar surface area (TPSA) is 85.6 Å². The monoisotopic (exact) mass is 311 g/mol. The number of hydrogen-bond acceptors (Lipinski definition) is 6. The van der Waals surface area contributed by atoms with E-state index in [-0.39, 0.29) is 10.6 Å². The molecule has 0 bridgehead atoms. The summed E-state index contributed by atoms with van der Waals surface area (Å²) in [7, 11) is -2.58. The van der Waals surface area contributed by atoms with Gasteiger partial charge in [0.1, 0.15) is 16.4 Å². The van der Waals surface area contributed by atoms with Gasteiger partial charge in [0.25, 0.3) is 10.0 Å². The number of carbonyl (C=O) groups excluding carboxylic acids is 1. The highest BCUT2D eigenvalue weighted by Gasteiger charge is 2.30. The smallest absolute Gasteiger partial charge is 0.355 e. The van der Waals surface area contributed by atoms with Crippen molar-refractivity contribution in [3.63, 3.8) is 0 Å². The lowest BCUT2D eigenvalue weighted by molar-refractivity contribution is -0.136. The molecular formula is C12H9NO5S2. The molecule has 0 spiro atoms. The number of methoxy groups -OCH3 is 1. The van der Waals surface area contributed by atoms with Gasteiger partial charge in [-0.05, 0) is 24.3 Å². The minimum Gasteiger partial charge on any atom is -0.464 e. The number of fused-ring (bicyclic) bond motifs is 1. The van der Waals surface area contributed by atoms with Crippen LogP contribution in [0.5, 0.6) is 0 Å². The van der Waals surface area contributed by atoms with E-state index >= 15 is 0 Å². The number of nitrogens with one attached hydrogen (secondary N) is 1. The lowest BCUT2D eigenvalue weighted by atomic mass is 10.3. The van der Waals surface area contributed by atoms with Crippen molar-refractivity contribution in [2.45, 2.75) is 4.90 Å². The van der Waals surface area contributed by atoms with Gasteiger partial charge in [-0.1, -0.05) is 0 Å². The number of thiophene rings is 1. The van der Waals surface area contributed by atoms with Gasteiger partial charge in [0.15, 0.2) is 0 Å². The van der Waals surface area contributed by atoms with Crippen molar-refractivity contribution in [1.82, 2.24) is 4.72 Å². The predicted molar refractivity (Wildman–Crippen MR) is 72.3 cm³/mol. The minimum atomic E-state index is -3.77. The van der Waals surface area contributed by atoms with E-state index in [9.17, 15) is 13.2 Å². The molecule has 6 nitrogen and oxygen atoms in total. The Labute approximate surface area is 118 Å². The maximum Gasteiger partial charge on any atom is 0.355 e. The average molecular weight is 311 g/mol. The lowest BCUT2D eigenvalue weighted by Gasteiger charge is -2.14. The number of sulfonamides is 1. The van der Waals surface area contributed by atoms with Gasteiger partial charge in [0.2, 0.25) is 0 Å². The Kier molecular flexibility index (Phi) is 2.91. The zero-order chi connectivity index (χ0) is 14.3. The SMILES string of the molecule is COC(=O)C1=Cc2sc(-c3ccco3)cc2S(=O)(=O)N1. The first kappa shape index (κ1) is 12.9. The van der Waals surface area contributed by atoms with Gasteiger partial charge in [-0.3, -0.25) is 4.72 Å². The number of ether oxygens (including phenoxy) is 1. The molecule has 0 aromatic carbocycles. The average Bonchev–Trinajstić information content (AvgIpc) is 3.05. The standard InChI is InChI=1S/C12H9NO5S2/c1-17-12(14)7-5-10-11(20(15,16)13-7)6-9(19-10)8-3-2-4-18-8/h2-6,13H,1H3. The highest BCUT2D eigenvalue weighted by molar-refractivity contribution is 7.90. The van der Waals surface area contributed by atoms with E-state index in [2.05, 4.69) is 9.46 Å². The van der Waals surface area contributed by atoms with Crippen molar-refractivity contribution < 1.29 is 22.4 Å². The van der Waals surface area contributed by atoms with Crippen molar-refractivity contribution in [3.8, 4) is 10.6 Å². The summed E-state index contributed by atoms with van der Waals surface area (Å²) in [6.07, 6.45) is 2.97. The summed E-state index contributed by atoms with van der Waals surface area (Å²) in [4.78, 5) is 12.7. The summed E-state index contributed by atoms with van der Waals surface area (Å²) in [6.45, 7) is 0. The molecule has 0 radical (unpaired) electrons. The molecule has 104 valence electrons. The molecule has 20 heavy (non-hydrogen) atoms. The van der Waals surface area contributed by atoms with Crippen LogP contribution >= 0.6 is 11.3 Å². The molecule has 0 aliphatic carbocycles. The quantitative estimate of drug-likeness (QED) is 0.855. The molecular weight excluding hydrogens is 302 g/mol. The molecule has 8 heteroatoms. The predicted octanol–water partition coefficient (Wildman–Crippen LogP) is 1.81. The molecule has 0 fully saturated rings. The molecule has 1 aliphatic heterocycles. The van der Waals surface area contributed by atoms with Gasteiger partial charge in [-0.15, -0.1) is 11.3 Å². The van der Waals surface area contributed by atoms with Crippen molar-refractivity contribution in [2.24, 2.45) is 0 Å². The zero-order valence-corrected chi connectivity index (χ0v) is 11.9. The molecule has 2 aromatic rings. The number of rotatable bonds is 2. The van der Waals surface area contributed by atoms with E-state index in [1.807, 2.05) is 0 Å². The third kappa shape index (κ3) is 2.02.